The summed E-state index contributed by atoms with van der Waals surface area (Å²) in [5, 5.41) is 6.64. The number of hydrogen-bond donors (Lipinski definition) is 2. The predicted molar refractivity (Wildman–Crippen MR) is 101 cm³/mol. The SMILES string of the molecule is COc1ccc(CNC(=O)c2c(Cl)cccc2NC2CCCC2)cc1F. The number of carbonyl (C=O) groups is 1. The van der Waals surface area contributed by atoms with Gasteiger partial charge in [0.05, 0.1) is 17.7 Å². The van der Waals surface area contributed by atoms with Crippen LogP contribution in [0.4, 0.5) is 10.1 Å². The molecule has 0 saturated heterocycles. The van der Waals surface area contributed by atoms with Crippen molar-refractivity contribution >= 4 is 23.2 Å². The van der Waals surface area contributed by atoms with Crippen LogP contribution < -0.4 is 15.4 Å². The van der Waals surface area contributed by atoms with Crippen molar-refractivity contribution in [2.75, 3.05) is 12.4 Å². The summed E-state index contributed by atoms with van der Waals surface area (Å²) in [5.41, 5.74) is 1.81. The van der Waals surface area contributed by atoms with E-state index in [1.54, 1.807) is 18.2 Å². The number of benzene rings is 2. The quantitative estimate of drug-likeness (QED) is 0.763. The summed E-state index contributed by atoms with van der Waals surface area (Å²) in [7, 11) is 1.41. The Balaban J connectivity index is 1.71. The van der Waals surface area contributed by atoms with Crippen molar-refractivity contribution in [1.82, 2.24) is 5.32 Å². The lowest BCUT2D eigenvalue weighted by molar-refractivity contribution is 0.0951. The van der Waals surface area contributed by atoms with Gasteiger partial charge in [-0.2, -0.15) is 0 Å². The van der Waals surface area contributed by atoms with Gasteiger partial charge in [-0.3, -0.25) is 4.79 Å². The zero-order valence-corrected chi connectivity index (χ0v) is 15.4. The Morgan fingerprint density at radius 3 is 2.73 bits per heavy atom. The maximum Gasteiger partial charge on any atom is 0.255 e. The highest BCUT2D eigenvalue weighted by atomic mass is 35.5. The van der Waals surface area contributed by atoms with Crippen molar-refractivity contribution in [2.24, 2.45) is 0 Å². The van der Waals surface area contributed by atoms with Crippen molar-refractivity contribution in [3.63, 3.8) is 0 Å². The van der Waals surface area contributed by atoms with Crippen LogP contribution in [-0.2, 0) is 6.54 Å². The van der Waals surface area contributed by atoms with Crippen LogP contribution in [0.2, 0.25) is 5.02 Å². The van der Waals surface area contributed by atoms with Gasteiger partial charge in [0.25, 0.3) is 5.91 Å². The number of carbonyl (C=O) groups excluding carboxylic acids is 1. The third-order valence-electron chi connectivity index (χ3n) is 4.62. The molecular weight excluding hydrogens is 355 g/mol. The second-order valence-corrected chi connectivity index (χ2v) is 6.85. The molecule has 0 spiro atoms. The highest BCUT2D eigenvalue weighted by molar-refractivity contribution is 6.34. The van der Waals surface area contributed by atoms with Gasteiger partial charge in [-0.1, -0.05) is 36.6 Å². The fourth-order valence-corrected chi connectivity index (χ4v) is 3.52. The first kappa shape index (κ1) is 18.5. The topological polar surface area (TPSA) is 50.4 Å². The molecule has 138 valence electrons. The van der Waals surface area contributed by atoms with Crippen molar-refractivity contribution in [1.29, 1.82) is 0 Å². The van der Waals surface area contributed by atoms with Crippen LogP contribution in [0.15, 0.2) is 36.4 Å². The highest BCUT2D eigenvalue weighted by Gasteiger charge is 2.20. The minimum Gasteiger partial charge on any atom is -0.494 e. The number of nitrogens with one attached hydrogen (secondary N) is 2. The van der Waals surface area contributed by atoms with E-state index in [1.807, 2.05) is 12.1 Å². The Bertz CT molecular complexity index is 791. The van der Waals surface area contributed by atoms with E-state index in [0.717, 1.165) is 18.5 Å². The minimum atomic E-state index is -0.458. The van der Waals surface area contributed by atoms with Crippen molar-refractivity contribution in [3.8, 4) is 5.75 Å². The third kappa shape index (κ3) is 4.28. The monoisotopic (exact) mass is 376 g/mol. The molecule has 0 aromatic heterocycles. The molecule has 2 N–H and O–H groups in total. The first-order valence-corrected chi connectivity index (χ1v) is 9.12. The van der Waals surface area contributed by atoms with Crippen LogP contribution in [0.1, 0.15) is 41.6 Å². The third-order valence-corrected chi connectivity index (χ3v) is 4.94. The fourth-order valence-electron chi connectivity index (χ4n) is 3.26. The van der Waals surface area contributed by atoms with Gasteiger partial charge in [0.2, 0.25) is 0 Å². The summed E-state index contributed by atoms with van der Waals surface area (Å²) in [6, 6.07) is 10.4. The molecule has 1 aliphatic rings. The molecule has 0 heterocycles. The summed E-state index contributed by atoms with van der Waals surface area (Å²) in [6.07, 6.45) is 4.59. The van der Waals surface area contributed by atoms with Crippen molar-refractivity contribution in [3.05, 3.63) is 58.4 Å². The molecule has 0 unspecified atom stereocenters. The molecule has 2 aromatic rings. The average molecular weight is 377 g/mol. The number of rotatable bonds is 6. The van der Waals surface area contributed by atoms with E-state index in [-0.39, 0.29) is 18.2 Å². The summed E-state index contributed by atoms with van der Waals surface area (Å²) >= 11 is 6.28. The van der Waals surface area contributed by atoms with Crippen molar-refractivity contribution in [2.45, 2.75) is 38.3 Å². The van der Waals surface area contributed by atoms with Gasteiger partial charge in [0.15, 0.2) is 11.6 Å². The summed E-state index contributed by atoms with van der Waals surface area (Å²) < 4.78 is 18.7. The zero-order chi connectivity index (χ0) is 18.5. The summed E-state index contributed by atoms with van der Waals surface area (Å²) in [6.45, 7) is 0.202. The van der Waals surface area contributed by atoms with Crippen LogP contribution in [0.25, 0.3) is 0 Å². The van der Waals surface area contributed by atoms with Crippen LogP contribution in [0, 0.1) is 5.82 Å². The number of halogens is 2. The predicted octanol–water partition coefficient (Wildman–Crippen LogP) is 4.77. The molecule has 0 bridgehead atoms. The minimum absolute atomic E-state index is 0.175. The number of methoxy groups -OCH3 is 1. The van der Waals surface area contributed by atoms with Gasteiger partial charge in [-0.05, 0) is 42.7 Å². The number of amides is 1. The standard InChI is InChI=1S/C20H22ClFN2O2/c1-26-18-10-9-13(11-16(18)22)12-23-20(25)19-15(21)7-4-8-17(19)24-14-5-2-3-6-14/h4,7-11,14,24H,2-3,5-6,12H2,1H3,(H,23,25). The van der Waals surface area contributed by atoms with E-state index in [4.69, 9.17) is 16.3 Å². The molecule has 6 heteroatoms. The normalized spacial score (nSPS) is 14.3. The maximum atomic E-state index is 13.8. The van der Waals surface area contributed by atoms with E-state index in [0.29, 0.717) is 22.2 Å². The van der Waals surface area contributed by atoms with E-state index in [1.165, 1.54) is 26.0 Å². The molecule has 0 aliphatic heterocycles. The molecule has 0 atom stereocenters. The number of ether oxygens (including phenoxy) is 1. The molecule has 2 aromatic carbocycles. The van der Waals surface area contributed by atoms with E-state index in [2.05, 4.69) is 10.6 Å². The Labute approximate surface area is 157 Å². The lowest BCUT2D eigenvalue weighted by Crippen LogP contribution is -2.25. The highest BCUT2D eigenvalue weighted by Crippen LogP contribution is 2.28. The first-order valence-electron chi connectivity index (χ1n) is 8.74. The second-order valence-electron chi connectivity index (χ2n) is 6.44. The largest absolute Gasteiger partial charge is 0.494 e. The Morgan fingerprint density at radius 2 is 2.04 bits per heavy atom. The molecule has 1 aliphatic carbocycles. The molecule has 1 fully saturated rings. The van der Waals surface area contributed by atoms with Gasteiger partial charge in [0, 0.05) is 18.3 Å². The zero-order valence-electron chi connectivity index (χ0n) is 14.6. The first-order chi connectivity index (χ1) is 12.6. The van der Waals surface area contributed by atoms with Crippen LogP contribution in [-0.4, -0.2) is 19.1 Å². The molecule has 26 heavy (non-hydrogen) atoms. The van der Waals surface area contributed by atoms with E-state index >= 15 is 0 Å². The second kappa shape index (κ2) is 8.41. The molecule has 1 amide bonds. The molecule has 0 radical (unpaired) electrons. The Morgan fingerprint density at radius 1 is 1.27 bits per heavy atom. The van der Waals surface area contributed by atoms with Crippen LogP contribution >= 0.6 is 11.6 Å². The lowest BCUT2D eigenvalue weighted by Gasteiger charge is -2.18. The molecule has 4 nitrogen and oxygen atoms in total. The van der Waals surface area contributed by atoms with E-state index in [9.17, 15) is 9.18 Å². The van der Waals surface area contributed by atoms with Crippen molar-refractivity contribution < 1.29 is 13.9 Å². The van der Waals surface area contributed by atoms with Gasteiger partial charge in [-0.15, -0.1) is 0 Å². The average Bonchev–Trinajstić information content (AvgIpc) is 3.13. The Kier molecular flexibility index (Phi) is 5.99. The van der Waals surface area contributed by atoms with Crippen LogP contribution in [0.3, 0.4) is 0 Å². The molecule has 1 saturated carbocycles. The summed E-state index contributed by atoms with van der Waals surface area (Å²) in [5.74, 6) is -0.567. The van der Waals surface area contributed by atoms with Gasteiger partial charge < -0.3 is 15.4 Å². The van der Waals surface area contributed by atoms with E-state index < -0.39 is 5.82 Å². The van der Waals surface area contributed by atoms with Gasteiger partial charge in [0.1, 0.15) is 0 Å². The molecular formula is C20H22ClFN2O2. The van der Waals surface area contributed by atoms with Gasteiger partial charge in [-0.25, -0.2) is 4.39 Å². The number of anilines is 1. The number of hydrogen-bond acceptors (Lipinski definition) is 3. The Hall–Kier alpha value is -2.27. The fraction of sp³-hybridized carbons (Fsp3) is 0.350. The summed E-state index contributed by atoms with van der Waals surface area (Å²) in [4.78, 5) is 12.7. The van der Waals surface area contributed by atoms with Crippen LogP contribution in [0.5, 0.6) is 5.75 Å². The van der Waals surface area contributed by atoms with Gasteiger partial charge >= 0.3 is 0 Å². The molecule has 3 rings (SSSR count). The maximum absolute atomic E-state index is 13.8. The lowest BCUT2D eigenvalue weighted by atomic mass is 10.1. The smallest absolute Gasteiger partial charge is 0.255 e.